The van der Waals surface area contributed by atoms with Gasteiger partial charge in [0, 0.05) is 31.7 Å². The van der Waals surface area contributed by atoms with E-state index in [0.717, 1.165) is 25.5 Å². The van der Waals surface area contributed by atoms with Crippen LogP contribution in [0.1, 0.15) is 26.3 Å². The van der Waals surface area contributed by atoms with E-state index in [-0.39, 0.29) is 17.7 Å². The summed E-state index contributed by atoms with van der Waals surface area (Å²) < 4.78 is 0. The van der Waals surface area contributed by atoms with Crippen molar-refractivity contribution in [3.63, 3.8) is 0 Å². The van der Waals surface area contributed by atoms with Crippen LogP contribution in [0.2, 0.25) is 5.15 Å². The van der Waals surface area contributed by atoms with E-state index in [2.05, 4.69) is 51.1 Å². The number of aromatic nitrogens is 2. The number of likely N-dealkylation sites (N-methyl/N-ethyl adjacent to an activating group) is 1. The van der Waals surface area contributed by atoms with Crippen LogP contribution in [0.25, 0.3) is 0 Å². The van der Waals surface area contributed by atoms with Crippen molar-refractivity contribution in [2.24, 2.45) is 5.92 Å². The fourth-order valence-electron chi connectivity index (χ4n) is 2.60. The van der Waals surface area contributed by atoms with Gasteiger partial charge in [0.15, 0.2) is 5.16 Å². The van der Waals surface area contributed by atoms with E-state index in [1.165, 1.54) is 17.3 Å². The van der Waals surface area contributed by atoms with E-state index in [9.17, 15) is 4.79 Å². The third-order valence-electron chi connectivity index (χ3n) is 4.74. The molecule has 0 radical (unpaired) electrons. The molecular formula is C22H32ClN5OS. The summed E-state index contributed by atoms with van der Waals surface area (Å²) in [7, 11) is 4.09. The fraction of sp³-hybridized carbons (Fsp3) is 0.500. The molecule has 0 saturated carbocycles. The van der Waals surface area contributed by atoms with E-state index < -0.39 is 0 Å². The van der Waals surface area contributed by atoms with Crippen molar-refractivity contribution in [2.75, 3.05) is 37.8 Å². The number of hydrogen-bond donors (Lipinski definition) is 1. The summed E-state index contributed by atoms with van der Waals surface area (Å²) in [4.78, 5) is 25.5. The van der Waals surface area contributed by atoms with Crippen LogP contribution in [-0.4, -0.2) is 59.8 Å². The van der Waals surface area contributed by atoms with E-state index >= 15 is 0 Å². The lowest BCUT2D eigenvalue weighted by Gasteiger charge is -2.26. The maximum Gasteiger partial charge on any atom is 0.230 e. The van der Waals surface area contributed by atoms with Gasteiger partial charge >= 0.3 is 0 Å². The molecule has 0 bridgehead atoms. The van der Waals surface area contributed by atoms with Gasteiger partial charge in [0.1, 0.15) is 11.0 Å². The van der Waals surface area contributed by atoms with E-state index in [1.54, 1.807) is 6.07 Å². The number of benzene rings is 1. The highest BCUT2D eigenvalue weighted by Crippen LogP contribution is 2.23. The van der Waals surface area contributed by atoms with Gasteiger partial charge in [-0.2, -0.15) is 0 Å². The molecule has 0 aliphatic heterocycles. The lowest BCUT2D eigenvalue weighted by atomic mass is 10.1. The van der Waals surface area contributed by atoms with Crippen LogP contribution in [-0.2, 0) is 11.3 Å². The minimum Gasteiger partial charge on any atom is -0.353 e. The molecule has 1 amide bonds. The molecule has 0 saturated heterocycles. The first-order valence-corrected chi connectivity index (χ1v) is 11.5. The third kappa shape index (κ3) is 8.50. The average molecular weight is 450 g/mol. The Hall–Kier alpha value is -1.83. The van der Waals surface area contributed by atoms with E-state index in [0.29, 0.717) is 16.2 Å². The smallest absolute Gasteiger partial charge is 0.230 e. The molecule has 6 nitrogen and oxygen atoms in total. The van der Waals surface area contributed by atoms with Crippen LogP contribution in [0, 0.1) is 5.92 Å². The van der Waals surface area contributed by atoms with Gasteiger partial charge in [0.2, 0.25) is 5.91 Å². The summed E-state index contributed by atoms with van der Waals surface area (Å²) in [5.74, 6) is 1.38. The molecule has 8 heteroatoms. The first-order chi connectivity index (χ1) is 14.2. The van der Waals surface area contributed by atoms with Gasteiger partial charge in [-0.1, -0.05) is 67.5 Å². The Kier molecular flexibility index (Phi) is 9.88. The molecule has 2 rings (SSSR count). The van der Waals surface area contributed by atoms with Crippen LogP contribution < -0.4 is 10.2 Å². The maximum absolute atomic E-state index is 12.2. The number of anilines is 1. The molecule has 0 aliphatic carbocycles. The normalized spacial score (nSPS) is 12.3. The molecule has 0 spiro atoms. The third-order valence-corrected chi connectivity index (χ3v) is 5.78. The Labute approximate surface area is 189 Å². The SMILES string of the molecule is CC(C)C(C)NC(=O)CSc1nc(Cl)cc(N(CCN(C)C)Cc2ccccc2)n1. The number of hydrogen-bond acceptors (Lipinski definition) is 6. The van der Waals surface area contributed by atoms with Crippen molar-refractivity contribution in [3.8, 4) is 0 Å². The predicted molar refractivity (Wildman–Crippen MR) is 126 cm³/mol. The summed E-state index contributed by atoms with van der Waals surface area (Å²) in [5, 5.41) is 3.89. The molecule has 2 aromatic rings. The molecule has 0 fully saturated rings. The van der Waals surface area contributed by atoms with Gasteiger partial charge in [-0.15, -0.1) is 0 Å². The predicted octanol–water partition coefficient (Wildman–Crippen LogP) is 3.95. The molecule has 1 heterocycles. The highest BCUT2D eigenvalue weighted by molar-refractivity contribution is 7.99. The first kappa shape index (κ1) is 24.4. The molecule has 1 unspecified atom stereocenters. The maximum atomic E-state index is 12.2. The van der Waals surface area contributed by atoms with Crippen molar-refractivity contribution in [3.05, 3.63) is 47.1 Å². The van der Waals surface area contributed by atoms with Gasteiger partial charge in [0.05, 0.1) is 5.75 Å². The number of thioether (sulfide) groups is 1. The van der Waals surface area contributed by atoms with Gasteiger partial charge in [-0.25, -0.2) is 9.97 Å². The average Bonchev–Trinajstić information content (AvgIpc) is 2.69. The second kappa shape index (κ2) is 12.1. The second-order valence-electron chi connectivity index (χ2n) is 7.93. The van der Waals surface area contributed by atoms with Gasteiger partial charge in [0.25, 0.3) is 0 Å². The number of carbonyl (C=O) groups is 1. The van der Waals surface area contributed by atoms with E-state index in [4.69, 9.17) is 11.6 Å². The minimum absolute atomic E-state index is 0.0277. The first-order valence-electron chi connectivity index (χ1n) is 10.1. The summed E-state index contributed by atoms with van der Waals surface area (Å²) in [6.45, 7) is 8.57. The molecule has 30 heavy (non-hydrogen) atoms. The lowest BCUT2D eigenvalue weighted by molar-refractivity contribution is -0.119. The fourth-order valence-corrected chi connectivity index (χ4v) is 3.50. The van der Waals surface area contributed by atoms with Crippen LogP contribution in [0.5, 0.6) is 0 Å². The summed E-state index contributed by atoms with van der Waals surface area (Å²) in [5.41, 5.74) is 1.20. The van der Waals surface area contributed by atoms with Crippen molar-refractivity contribution in [2.45, 2.75) is 38.5 Å². The lowest BCUT2D eigenvalue weighted by Crippen LogP contribution is -2.37. The number of carbonyl (C=O) groups excluding carboxylic acids is 1. The highest BCUT2D eigenvalue weighted by atomic mass is 35.5. The van der Waals surface area contributed by atoms with Crippen LogP contribution >= 0.6 is 23.4 Å². The van der Waals surface area contributed by atoms with Crippen LogP contribution in [0.4, 0.5) is 5.82 Å². The zero-order chi connectivity index (χ0) is 22.1. The Bertz CT molecular complexity index is 803. The summed E-state index contributed by atoms with van der Waals surface area (Å²) in [6.07, 6.45) is 0. The molecule has 1 atom stereocenters. The van der Waals surface area contributed by atoms with Gasteiger partial charge < -0.3 is 15.1 Å². The molecule has 164 valence electrons. The Morgan fingerprint density at radius 3 is 2.47 bits per heavy atom. The van der Waals surface area contributed by atoms with Crippen molar-refractivity contribution in [1.29, 1.82) is 0 Å². The Balaban J connectivity index is 2.12. The molecule has 1 N–H and O–H groups in total. The molecule has 1 aromatic carbocycles. The number of halogens is 1. The van der Waals surface area contributed by atoms with E-state index in [1.807, 2.05) is 39.2 Å². The van der Waals surface area contributed by atoms with Crippen molar-refractivity contribution >= 4 is 35.1 Å². The molecular weight excluding hydrogens is 418 g/mol. The summed E-state index contributed by atoms with van der Waals surface area (Å²) in [6, 6.07) is 12.2. The van der Waals surface area contributed by atoms with Gasteiger partial charge in [-0.3, -0.25) is 4.79 Å². The number of amides is 1. The number of nitrogens with zero attached hydrogens (tertiary/aromatic N) is 4. The molecule has 1 aromatic heterocycles. The zero-order valence-corrected chi connectivity index (χ0v) is 20.0. The zero-order valence-electron chi connectivity index (χ0n) is 18.4. The Morgan fingerprint density at radius 1 is 1.13 bits per heavy atom. The minimum atomic E-state index is -0.0277. The summed E-state index contributed by atoms with van der Waals surface area (Å²) >= 11 is 7.60. The van der Waals surface area contributed by atoms with Crippen molar-refractivity contribution < 1.29 is 4.79 Å². The largest absolute Gasteiger partial charge is 0.353 e. The quantitative estimate of drug-likeness (QED) is 0.318. The number of nitrogens with one attached hydrogen (secondary N) is 1. The Morgan fingerprint density at radius 2 is 1.83 bits per heavy atom. The molecule has 0 aliphatic rings. The van der Waals surface area contributed by atoms with Crippen LogP contribution in [0.15, 0.2) is 41.6 Å². The standard InChI is InChI=1S/C22H32ClN5OS/c1-16(2)17(3)24-21(29)15-30-22-25-19(23)13-20(26-22)28(12-11-27(4)5)14-18-9-7-6-8-10-18/h6-10,13,16-17H,11-12,14-15H2,1-5H3,(H,24,29). The van der Waals surface area contributed by atoms with Crippen molar-refractivity contribution in [1.82, 2.24) is 20.2 Å². The van der Waals surface area contributed by atoms with Gasteiger partial charge in [-0.05, 0) is 32.5 Å². The highest BCUT2D eigenvalue weighted by Gasteiger charge is 2.15. The number of rotatable bonds is 11. The van der Waals surface area contributed by atoms with Crippen LogP contribution in [0.3, 0.4) is 0 Å². The topological polar surface area (TPSA) is 61.4 Å². The second-order valence-corrected chi connectivity index (χ2v) is 9.26. The monoisotopic (exact) mass is 449 g/mol.